The van der Waals surface area contributed by atoms with Crippen molar-refractivity contribution in [2.45, 2.75) is 44.7 Å². The standard InChI is InChI=1S/C19H31N5O.3ClH/c1-19(20)8-4-3-5-16(19)18(25)22-14-15-6-7-17(21-13-15)24-11-9-23(2)10-12-24;;;/h6-7,13,16H,3-5,8-12,14,20H2,1-2H3,(H,22,25);3*1H. The highest BCUT2D eigenvalue weighted by Gasteiger charge is 2.37. The number of hydrogen-bond acceptors (Lipinski definition) is 5. The van der Waals surface area contributed by atoms with E-state index in [0.717, 1.165) is 63.2 Å². The van der Waals surface area contributed by atoms with E-state index in [9.17, 15) is 4.79 Å². The molecule has 28 heavy (non-hydrogen) atoms. The molecule has 1 aromatic rings. The van der Waals surface area contributed by atoms with Crippen LogP contribution >= 0.6 is 37.2 Å². The lowest BCUT2D eigenvalue weighted by Gasteiger charge is -2.37. The molecule has 0 spiro atoms. The van der Waals surface area contributed by atoms with Gasteiger partial charge >= 0.3 is 0 Å². The van der Waals surface area contributed by atoms with E-state index in [1.807, 2.05) is 13.1 Å². The van der Waals surface area contributed by atoms with E-state index in [-0.39, 0.29) is 54.6 Å². The zero-order valence-corrected chi connectivity index (χ0v) is 19.2. The number of nitrogens with two attached hydrogens (primary N) is 1. The van der Waals surface area contributed by atoms with Crippen LogP contribution < -0.4 is 16.0 Å². The van der Waals surface area contributed by atoms with Crippen molar-refractivity contribution in [3.8, 4) is 0 Å². The fraction of sp³-hybridized carbons (Fsp3) is 0.684. The largest absolute Gasteiger partial charge is 0.354 e. The van der Waals surface area contributed by atoms with Crippen molar-refractivity contribution in [1.29, 1.82) is 0 Å². The second kappa shape index (κ2) is 12.0. The SMILES string of the molecule is CN1CCN(c2ccc(CNC(=O)C3CCCCC3(C)N)cn2)CC1.Cl.Cl.Cl. The first-order valence-electron chi connectivity index (χ1n) is 9.41. The minimum absolute atomic E-state index is 0. The number of amides is 1. The van der Waals surface area contributed by atoms with Gasteiger partial charge < -0.3 is 20.9 Å². The van der Waals surface area contributed by atoms with E-state index in [0.29, 0.717) is 6.54 Å². The number of hydrogen-bond donors (Lipinski definition) is 2. The number of pyridine rings is 1. The number of halogens is 3. The number of nitrogens with zero attached hydrogens (tertiary/aromatic N) is 3. The molecule has 1 saturated heterocycles. The van der Waals surface area contributed by atoms with Gasteiger partial charge in [-0.15, -0.1) is 37.2 Å². The Morgan fingerprint density at radius 1 is 1.21 bits per heavy atom. The van der Waals surface area contributed by atoms with Crippen LogP contribution in [-0.4, -0.2) is 54.6 Å². The molecule has 2 unspecified atom stereocenters. The van der Waals surface area contributed by atoms with E-state index < -0.39 is 0 Å². The molecule has 3 rings (SSSR count). The monoisotopic (exact) mass is 453 g/mol. The normalized spacial score (nSPS) is 25.0. The zero-order valence-electron chi connectivity index (χ0n) is 16.7. The molecule has 0 aromatic carbocycles. The van der Waals surface area contributed by atoms with Crippen LogP contribution in [0.2, 0.25) is 0 Å². The molecule has 1 aliphatic carbocycles. The molecule has 2 atom stereocenters. The Morgan fingerprint density at radius 2 is 1.89 bits per heavy atom. The van der Waals surface area contributed by atoms with Crippen LogP contribution in [0.25, 0.3) is 0 Å². The summed E-state index contributed by atoms with van der Waals surface area (Å²) in [5.41, 5.74) is 6.97. The van der Waals surface area contributed by atoms with Gasteiger partial charge in [0, 0.05) is 44.5 Å². The van der Waals surface area contributed by atoms with Gasteiger partial charge in [-0.25, -0.2) is 4.98 Å². The summed E-state index contributed by atoms with van der Waals surface area (Å²) in [6.07, 6.45) is 5.89. The molecular formula is C19H34Cl3N5O. The van der Waals surface area contributed by atoms with Gasteiger partial charge in [0.15, 0.2) is 0 Å². The summed E-state index contributed by atoms with van der Waals surface area (Å²) in [6.45, 7) is 6.67. The number of aromatic nitrogens is 1. The van der Waals surface area contributed by atoms with Crippen molar-refractivity contribution >= 4 is 48.9 Å². The third-order valence-corrected chi connectivity index (χ3v) is 5.67. The van der Waals surface area contributed by atoms with E-state index in [1.54, 1.807) is 0 Å². The maximum atomic E-state index is 12.5. The highest BCUT2D eigenvalue weighted by atomic mass is 35.5. The van der Waals surface area contributed by atoms with E-state index in [1.165, 1.54) is 0 Å². The summed E-state index contributed by atoms with van der Waals surface area (Å²) in [7, 11) is 2.15. The van der Waals surface area contributed by atoms with E-state index in [2.05, 4.69) is 39.3 Å². The van der Waals surface area contributed by atoms with Crippen molar-refractivity contribution in [3.05, 3.63) is 23.9 Å². The fourth-order valence-corrected chi connectivity index (χ4v) is 3.85. The molecule has 6 nitrogen and oxygen atoms in total. The summed E-state index contributed by atoms with van der Waals surface area (Å²) in [5.74, 6) is 1.01. The first kappa shape index (κ1) is 27.2. The highest BCUT2D eigenvalue weighted by molar-refractivity contribution is 5.86. The summed E-state index contributed by atoms with van der Waals surface area (Å²) in [4.78, 5) is 21.7. The van der Waals surface area contributed by atoms with Crippen molar-refractivity contribution in [1.82, 2.24) is 15.2 Å². The van der Waals surface area contributed by atoms with Crippen molar-refractivity contribution < 1.29 is 4.79 Å². The summed E-state index contributed by atoms with van der Waals surface area (Å²) < 4.78 is 0. The fourth-order valence-electron chi connectivity index (χ4n) is 3.85. The Morgan fingerprint density at radius 3 is 2.46 bits per heavy atom. The van der Waals surface area contributed by atoms with Crippen LogP contribution in [0, 0.1) is 5.92 Å². The average Bonchev–Trinajstić information content (AvgIpc) is 2.60. The van der Waals surface area contributed by atoms with Gasteiger partial charge in [-0.2, -0.15) is 0 Å². The van der Waals surface area contributed by atoms with Gasteiger partial charge in [0.1, 0.15) is 5.82 Å². The van der Waals surface area contributed by atoms with E-state index >= 15 is 0 Å². The molecular weight excluding hydrogens is 421 g/mol. The van der Waals surface area contributed by atoms with Gasteiger partial charge in [-0.05, 0) is 38.4 Å². The molecule has 162 valence electrons. The van der Waals surface area contributed by atoms with Crippen LogP contribution in [0.1, 0.15) is 38.2 Å². The Balaban J connectivity index is 0.00000243. The smallest absolute Gasteiger partial charge is 0.225 e. The molecule has 1 amide bonds. The molecule has 2 fully saturated rings. The Hall–Kier alpha value is -0.790. The predicted octanol–water partition coefficient (Wildman–Crippen LogP) is 2.62. The second-order valence-corrected chi connectivity index (χ2v) is 7.84. The summed E-state index contributed by atoms with van der Waals surface area (Å²) >= 11 is 0. The number of nitrogens with one attached hydrogen (secondary N) is 1. The molecule has 2 aliphatic rings. The lowest BCUT2D eigenvalue weighted by atomic mass is 9.74. The molecule has 9 heteroatoms. The minimum Gasteiger partial charge on any atom is -0.354 e. The number of likely N-dealkylation sites (N-methyl/N-ethyl adjacent to an activating group) is 1. The topological polar surface area (TPSA) is 74.5 Å². The van der Waals surface area contributed by atoms with Gasteiger partial charge in [-0.3, -0.25) is 4.79 Å². The van der Waals surface area contributed by atoms with Gasteiger partial charge in [-0.1, -0.05) is 18.9 Å². The Kier molecular flexibility index (Phi) is 11.7. The number of carbonyl (C=O) groups excluding carboxylic acids is 1. The molecule has 0 radical (unpaired) electrons. The number of rotatable bonds is 4. The molecule has 2 heterocycles. The molecule has 3 N–H and O–H groups in total. The molecule has 0 bridgehead atoms. The molecule has 1 saturated carbocycles. The van der Waals surface area contributed by atoms with Gasteiger partial charge in [0.05, 0.1) is 5.92 Å². The minimum atomic E-state index is -0.383. The lowest BCUT2D eigenvalue weighted by molar-refractivity contribution is -0.128. The van der Waals surface area contributed by atoms with Crippen molar-refractivity contribution in [2.75, 3.05) is 38.1 Å². The van der Waals surface area contributed by atoms with Crippen LogP contribution in [-0.2, 0) is 11.3 Å². The van der Waals surface area contributed by atoms with Crippen LogP contribution in [0.3, 0.4) is 0 Å². The maximum Gasteiger partial charge on any atom is 0.225 e. The molecule has 1 aliphatic heterocycles. The zero-order chi connectivity index (χ0) is 17.9. The van der Waals surface area contributed by atoms with Crippen LogP contribution in [0.5, 0.6) is 0 Å². The first-order valence-corrected chi connectivity index (χ1v) is 9.41. The first-order chi connectivity index (χ1) is 12.0. The van der Waals surface area contributed by atoms with Crippen molar-refractivity contribution in [3.63, 3.8) is 0 Å². The third kappa shape index (κ3) is 6.92. The van der Waals surface area contributed by atoms with Crippen LogP contribution in [0.15, 0.2) is 18.3 Å². The lowest BCUT2D eigenvalue weighted by Crippen LogP contribution is -2.52. The number of piperazine rings is 1. The van der Waals surface area contributed by atoms with Crippen molar-refractivity contribution in [2.24, 2.45) is 11.7 Å². The molecule has 1 aromatic heterocycles. The summed E-state index contributed by atoms with van der Waals surface area (Å²) in [5, 5.41) is 3.05. The van der Waals surface area contributed by atoms with Crippen LogP contribution in [0.4, 0.5) is 5.82 Å². The summed E-state index contributed by atoms with van der Waals surface area (Å²) in [6, 6.07) is 4.11. The maximum absolute atomic E-state index is 12.5. The van der Waals surface area contributed by atoms with E-state index in [4.69, 9.17) is 5.73 Å². The average molecular weight is 455 g/mol. The second-order valence-electron chi connectivity index (χ2n) is 7.84. The van der Waals surface area contributed by atoms with Gasteiger partial charge in [0.25, 0.3) is 0 Å². The van der Waals surface area contributed by atoms with Gasteiger partial charge in [0.2, 0.25) is 5.91 Å². The third-order valence-electron chi connectivity index (χ3n) is 5.67. The quantitative estimate of drug-likeness (QED) is 0.731. The highest BCUT2D eigenvalue weighted by Crippen LogP contribution is 2.31. The Labute approximate surface area is 187 Å². The Bertz CT molecular complexity index is 592. The predicted molar refractivity (Wildman–Crippen MR) is 122 cm³/mol. The number of carbonyl (C=O) groups is 1. The number of anilines is 1.